The van der Waals surface area contributed by atoms with Crippen molar-refractivity contribution in [3.05, 3.63) is 47.3 Å². The molecule has 6 heteroatoms. The van der Waals surface area contributed by atoms with Gasteiger partial charge >= 0.3 is 0 Å². The van der Waals surface area contributed by atoms with Crippen LogP contribution >= 0.6 is 0 Å². The summed E-state index contributed by atoms with van der Waals surface area (Å²) in [4.78, 5) is 4.59. The molecule has 1 saturated carbocycles. The molecule has 1 fully saturated rings. The van der Waals surface area contributed by atoms with E-state index in [-0.39, 0.29) is 0 Å². The van der Waals surface area contributed by atoms with E-state index in [0.29, 0.717) is 5.92 Å². The number of aromatic nitrogens is 3. The number of nitrogens with one attached hydrogen (secondary N) is 1. The number of aryl methyl sites for hydroxylation is 1. The first-order valence-corrected chi connectivity index (χ1v) is 9.22. The largest absolute Gasteiger partial charge is 0.772 e. The van der Waals surface area contributed by atoms with Crippen LogP contribution in [0.15, 0.2) is 30.5 Å². The summed E-state index contributed by atoms with van der Waals surface area (Å²) in [5.41, 5.74) is 5.79. The minimum Gasteiger partial charge on any atom is -0.772 e. The average Bonchev–Trinajstić information content (AvgIpc) is 3.32. The first-order chi connectivity index (χ1) is 11.6. The van der Waals surface area contributed by atoms with Gasteiger partial charge in [0.1, 0.15) is 0 Å². The SMILES string of the molecule is Cc1cc(-c2nccc3n[nH]c(C4CC4)c23)ccc1C(C)S(=O)[O-]. The standard InChI is InChI=1S/C18H19N3O2S/c1-10-9-13(5-6-14(10)11(2)24(22)23)17-16-15(7-8-19-17)20-21-18(16)12-3-4-12/h5-9,11-12H,3-4H2,1-2H3,(H,20,21)(H,22,23)/p-1. The lowest BCUT2D eigenvalue weighted by Crippen LogP contribution is -2.03. The summed E-state index contributed by atoms with van der Waals surface area (Å²) in [5.74, 6) is 0.557. The van der Waals surface area contributed by atoms with Gasteiger partial charge in [-0.15, -0.1) is 0 Å². The summed E-state index contributed by atoms with van der Waals surface area (Å²) >= 11 is -2.12. The van der Waals surface area contributed by atoms with Crippen molar-refractivity contribution < 1.29 is 8.76 Å². The van der Waals surface area contributed by atoms with E-state index >= 15 is 0 Å². The lowest BCUT2D eigenvalue weighted by molar-refractivity contribution is 0.527. The van der Waals surface area contributed by atoms with Crippen molar-refractivity contribution in [1.82, 2.24) is 15.2 Å². The second-order valence-corrected chi connectivity index (χ2v) is 7.67. The Labute approximate surface area is 142 Å². The second kappa shape index (κ2) is 5.79. The zero-order valence-electron chi connectivity index (χ0n) is 13.6. The van der Waals surface area contributed by atoms with Crippen LogP contribution in [0, 0.1) is 6.92 Å². The molecule has 1 N–H and O–H groups in total. The van der Waals surface area contributed by atoms with Crippen molar-refractivity contribution in [1.29, 1.82) is 0 Å². The van der Waals surface area contributed by atoms with Gasteiger partial charge in [0.2, 0.25) is 0 Å². The third-order valence-corrected chi connectivity index (χ3v) is 5.58. The van der Waals surface area contributed by atoms with Crippen molar-refractivity contribution in [3.63, 3.8) is 0 Å². The molecule has 1 aliphatic carbocycles. The Morgan fingerprint density at radius 2 is 2.12 bits per heavy atom. The summed E-state index contributed by atoms with van der Waals surface area (Å²) in [6.45, 7) is 3.64. The van der Waals surface area contributed by atoms with Crippen molar-refractivity contribution in [3.8, 4) is 11.3 Å². The van der Waals surface area contributed by atoms with Gasteiger partial charge in [-0.1, -0.05) is 12.1 Å². The monoisotopic (exact) mass is 340 g/mol. The van der Waals surface area contributed by atoms with E-state index in [4.69, 9.17) is 0 Å². The van der Waals surface area contributed by atoms with E-state index in [2.05, 4.69) is 15.2 Å². The Bertz CT molecular complexity index is 947. The normalized spacial score (nSPS) is 17.1. The maximum atomic E-state index is 11.2. The van der Waals surface area contributed by atoms with Crippen LogP contribution < -0.4 is 0 Å². The topological polar surface area (TPSA) is 81.7 Å². The number of H-pyrrole nitrogens is 1. The number of aromatic amines is 1. The molecule has 0 spiro atoms. The van der Waals surface area contributed by atoms with Gasteiger partial charge in [-0.3, -0.25) is 14.3 Å². The van der Waals surface area contributed by atoms with E-state index in [1.165, 1.54) is 18.5 Å². The summed E-state index contributed by atoms with van der Waals surface area (Å²) < 4.78 is 22.5. The Morgan fingerprint density at radius 3 is 2.79 bits per heavy atom. The zero-order valence-corrected chi connectivity index (χ0v) is 14.4. The van der Waals surface area contributed by atoms with Crippen LogP contribution in [0.2, 0.25) is 0 Å². The molecule has 124 valence electrons. The highest BCUT2D eigenvalue weighted by molar-refractivity contribution is 7.79. The summed E-state index contributed by atoms with van der Waals surface area (Å²) in [6, 6.07) is 7.79. The van der Waals surface area contributed by atoms with Crippen molar-refractivity contribution in [2.24, 2.45) is 0 Å². The first kappa shape index (κ1) is 15.5. The predicted octanol–water partition coefficient (Wildman–Crippen LogP) is 3.75. The summed E-state index contributed by atoms with van der Waals surface area (Å²) in [5, 5.41) is 8.16. The molecule has 1 aliphatic rings. The van der Waals surface area contributed by atoms with E-state index in [0.717, 1.165) is 33.3 Å². The Kier molecular flexibility index (Phi) is 3.73. The molecule has 4 rings (SSSR count). The zero-order chi connectivity index (χ0) is 16.8. The molecule has 5 nitrogen and oxygen atoms in total. The van der Waals surface area contributed by atoms with Crippen LogP contribution in [-0.2, 0) is 11.1 Å². The number of pyridine rings is 1. The maximum absolute atomic E-state index is 11.2. The molecule has 2 heterocycles. The number of rotatable bonds is 4. The molecule has 1 aromatic carbocycles. The number of benzene rings is 1. The van der Waals surface area contributed by atoms with Gasteiger partial charge in [0.15, 0.2) is 0 Å². The smallest absolute Gasteiger partial charge is 0.0961 e. The van der Waals surface area contributed by atoms with Crippen LogP contribution in [0.4, 0.5) is 0 Å². The highest BCUT2D eigenvalue weighted by Crippen LogP contribution is 2.44. The van der Waals surface area contributed by atoms with E-state index in [1.54, 1.807) is 13.1 Å². The molecule has 24 heavy (non-hydrogen) atoms. The molecule has 2 atom stereocenters. The number of fused-ring (bicyclic) bond motifs is 1. The molecule has 2 aromatic heterocycles. The van der Waals surface area contributed by atoms with Crippen LogP contribution in [0.1, 0.15) is 47.8 Å². The van der Waals surface area contributed by atoms with Gasteiger partial charge in [0.25, 0.3) is 0 Å². The quantitative estimate of drug-likeness (QED) is 0.733. The van der Waals surface area contributed by atoms with Gasteiger partial charge in [-0.2, -0.15) is 5.10 Å². The molecule has 2 unspecified atom stereocenters. The first-order valence-electron chi connectivity index (χ1n) is 8.08. The van der Waals surface area contributed by atoms with Crippen LogP contribution in [0.5, 0.6) is 0 Å². The molecular formula is C18H18N3O2S-. The van der Waals surface area contributed by atoms with Gasteiger partial charge < -0.3 is 4.55 Å². The number of hydrogen-bond donors (Lipinski definition) is 1. The fourth-order valence-corrected chi connectivity index (χ4v) is 3.73. The summed E-state index contributed by atoms with van der Waals surface area (Å²) in [6.07, 6.45) is 4.15. The minimum atomic E-state index is -2.12. The summed E-state index contributed by atoms with van der Waals surface area (Å²) in [7, 11) is 0. The van der Waals surface area contributed by atoms with Gasteiger partial charge in [-0.25, -0.2) is 0 Å². The van der Waals surface area contributed by atoms with Gasteiger partial charge in [0, 0.05) is 34.0 Å². The molecule has 3 aromatic rings. The van der Waals surface area contributed by atoms with Crippen LogP contribution in [0.25, 0.3) is 22.2 Å². The van der Waals surface area contributed by atoms with E-state index in [9.17, 15) is 8.76 Å². The molecule has 0 saturated heterocycles. The van der Waals surface area contributed by atoms with Crippen LogP contribution in [-0.4, -0.2) is 23.9 Å². The highest BCUT2D eigenvalue weighted by atomic mass is 32.2. The van der Waals surface area contributed by atoms with E-state index < -0.39 is 16.3 Å². The number of hydrogen-bond acceptors (Lipinski definition) is 4. The third kappa shape index (κ3) is 2.56. The average molecular weight is 340 g/mol. The Hall–Kier alpha value is -2.05. The van der Waals surface area contributed by atoms with Gasteiger partial charge in [0.05, 0.1) is 11.2 Å². The van der Waals surface area contributed by atoms with Crippen molar-refractivity contribution in [2.75, 3.05) is 0 Å². The van der Waals surface area contributed by atoms with Crippen molar-refractivity contribution in [2.45, 2.75) is 37.9 Å². The molecular weight excluding hydrogens is 322 g/mol. The lowest BCUT2D eigenvalue weighted by atomic mass is 9.98. The van der Waals surface area contributed by atoms with Crippen LogP contribution in [0.3, 0.4) is 0 Å². The second-order valence-electron chi connectivity index (χ2n) is 6.44. The molecule has 0 bridgehead atoms. The lowest BCUT2D eigenvalue weighted by Gasteiger charge is -2.18. The minimum absolute atomic E-state index is 0.515. The third-order valence-electron chi connectivity index (χ3n) is 4.75. The molecule has 0 aliphatic heterocycles. The van der Waals surface area contributed by atoms with E-state index in [1.807, 2.05) is 31.2 Å². The Balaban J connectivity index is 1.85. The maximum Gasteiger partial charge on any atom is 0.0961 e. The van der Waals surface area contributed by atoms with Crippen molar-refractivity contribution >= 4 is 22.0 Å². The Morgan fingerprint density at radius 1 is 1.33 bits per heavy atom. The van der Waals surface area contributed by atoms with Gasteiger partial charge in [-0.05, 0) is 61.0 Å². The number of nitrogens with zero attached hydrogens (tertiary/aromatic N) is 2. The highest BCUT2D eigenvalue weighted by Gasteiger charge is 2.29. The fraction of sp³-hybridized carbons (Fsp3) is 0.333. The predicted molar refractivity (Wildman–Crippen MR) is 93.4 cm³/mol. The molecule has 0 amide bonds. The fourth-order valence-electron chi connectivity index (χ4n) is 3.26. The molecule has 0 radical (unpaired) electrons.